The molecule has 0 amide bonds. The Labute approximate surface area is 177 Å². The molecule has 4 rings (SSSR count). The van der Waals surface area contributed by atoms with Gasteiger partial charge in [-0.15, -0.1) is 0 Å². The summed E-state index contributed by atoms with van der Waals surface area (Å²) in [5, 5.41) is 0. The molecule has 30 heavy (non-hydrogen) atoms. The minimum absolute atomic E-state index is 0.0869. The summed E-state index contributed by atoms with van der Waals surface area (Å²) in [5.74, 6) is -0.365. The SMILES string of the molecule is O=C1CCC(c2ccccc2)(c2ccccc2)C(CCS(=O)(=O)c2ccccc2)O1. The van der Waals surface area contributed by atoms with E-state index in [1.54, 1.807) is 30.3 Å². The number of ether oxygens (including phenoxy) is 1. The molecule has 0 saturated carbocycles. The Morgan fingerprint density at radius 3 is 1.83 bits per heavy atom. The number of hydrogen-bond acceptors (Lipinski definition) is 4. The lowest BCUT2D eigenvalue weighted by molar-refractivity contribution is -0.158. The molecule has 0 N–H and O–H groups in total. The molecule has 1 aliphatic heterocycles. The standard InChI is InChI=1S/C25H24O4S/c26-24-16-18-25(20-10-4-1-5-11-20,21-12-6-2-7-13-21)23(29-24)17-19-30(27,28)22-14-8-3-9-15-22/h1-15,23H,16-19H2. The van der Waals surface area contributed by atoms with Gasteiger partial charge in [0.25, 0.3) is 0 Å². The second-order valence-electron chi connectivity index (χ2n) is 7.60. The Hall–Kier alpha value is -2.92. The number of sulfone groups is 1. The fraction of sp³-hybridized carbons (Fsp3) is 0.240. The Morgan fingerprint density at radius 2 is 1.30 bits per heavy atom. The van der Waals surface area contributed by atoms with Gasteiger partial charge in [0.2, 0.25) is 0 Å². The number of esters is 1. The van der Waals surface area contributed by atoms with Crippen LogP contribution in [0, 0.1) is 0 Å². The van der Waals surface area contributed by atoms with E-state index in [1.165, 1.54) is 0 Å². The highest BCUT2D eigenvalue weighted by atomic mass is 32.2. The van der Waals surface area contributed by atoms with Crippen molar-refractivity contribution in [1.82, 2.24) is 0 Å². The van der Waals surface area contributed by atoms with Crippen LogP contribution in [0.3, 0.4) is 0 Å². The van der Waals surface area contributed by atoms with Crippen LogP contribution in [0.5, 0.6) is 0 Å². The van der Waals surface area contributed by atoms with Crippen LogP contribution in [-0.4, -0.2) is 26.2 Å². The molecule has 4 nitrogen and oxygen atoms in total. The Morgan fingerprint density at radius 1 is 0.800 bits per heavy atom. The minimum Gasteiger partial charge on any atom is -0.461 e. The summed E-state index contributed by atoms with van der Waals surface area (Å²) >= 11 is 0. The van der Waals surface area contributed by atoms with Gasteiger partial charge in [-0.1, -0.05) is 78.9 Å². The molecule has 1 fully saturated rings. The van der Waals surface area contributed by atoms with Gasteiger partial charge in [0.05, 0.1) is 16.1 Å². The average Bonchev–Trinajstić information content (AvgIpc) is 2.80. The molecule has 1 saturated heterocycles. The van der Waals surface area contributed by atoms with Crippen molar-refractivity contribution >= 4 is 15.8 Å². The van der Waals surface area contributed by atoms with Gasteiger partial charge in [-0.3, -0.25) is 4.79 Å². The zero-order valence-electron chi connectivity index (χ0n) is 16.6. The molecule has 0 spiro atoms. The fourth-order valence-corrected chi connectivity index (χ4v) is 5.72. The molecule has 5 heteroatoms. The van der Waals surface area contributed by atoms with Crippen molar-refractivity contribution in [1.29, 1.82) is 0 Å². The lowest BCUT2D eigenvalue weighted by atomic mass is 9.65. The summed E-state index contributed by atoms with van der Waals surface area (Å²) in [7, 11) is -3.48. The zero-order chi connectivity index (χ0) is 21.0. The minimum atomic E-state index is -3.48. The van der Waals surface area contributed by atoms with E-state index in [0.717, 1.165) is 11.1 Å². The highest BCUT2D eigenvalue weighted by Gasteiger charge is 2.47. The van der Waals surface area contributed by atoms with Crippen molar-refractivity contribution in [2.75, 3.05) is 5.75 Å². The van der Waals surface area contributed by atoms with Crippen molar-refractivity contribution < 1.29 is 17.9 Å². The highest BCUT2D eigenvalue weighted by Crippen LogP contribution is 2.45. The maximum Gasteiger partial charge on any atom is 0.306 e. The summed E-state index contributed by atoms with van der Waals surface area (Å²) in [5.41, 5.74) is 1.49. The first kappa shape index (κ1) is 20.4. The van der Waals surface area contributed by atoms with Gasteiger partial charge < -0.3 is 4.74 Å². The lowest BCUT2D eigenvalue weighted by Crippen LogP contribution is -2.48. The molecule has 1 aliphatic rings. The van der Waals surface area contributed by atoms with Crippen molar-refractivity contribution in [2.45, 2.75) is 35.7 Å². The van der Waals surface area contributed by atoms with Crippen LogP contribution in [0.25, 0.3) is 0 Å². The van der Waals surface area contributed by atoms with Gasteiger partial charge in [0.1, 0.15) is 6.10 Å². The summed E-state index contributed by atoms with van der Waals surface area (Å²) in [4.78, 5) is 12.5. The van der Waals surface area contributed by atoms with Crippen molar-refractivity contribution in [2.24, 2.45) is 0 Å². The van der Waals surface area contributed by atoms with Gasteiger partial charge in [-0.05, 0) is 36.1 Å². The van der Waals surface area contributed by atoms with Crippen LogP contribution in [0.15, 0.2) is 95.9 Å². The van der Waals surface area contributed by atoms with Crippen LogP contribution in [0.1, 0.15) is 30.4 Å². The van der Waals surface area contributed by atoms with Crippen LogP contribution in [0.2, 0.25) is 0 Å². The number of cyclic esters (lactones) is 1. The Bertz CT molecular complexity index is 1050. The van der Waals surface area contributed by atoms with Crippen molar-refractivity contribution in [3.8, 4) is 0 Å². The molecular formula is C25H24O4S. The summed E-state index contributed by atoms with van der Waals surface area (Å²) in [6.45, 7) is 0. The quantitative estimate of drug-likeness (QED) is 0.549. The largest absolute Gasteiger partial charge is 0.461 e. The average molecular weight is 421 g/mol. The smallest absolute Gasteiger partial charge is 0.306 e. The molecule has 1 unspecified atom stereocenters. The van der Waals surface area contributed by atoms with Gasteiger partial charge in [0.15, 0.2) is 9.84 Å². The Balaban J connectivity index is 1.74. The van der Waals surface area contributed by atoms with Gasteiger partial charge in [0, 0.05) is 6.42 Å². The summed E-state index contributed by atoms with van der Waals surface area (Å²) in [6, 6.07) is 28.3. The molecular weight excluding hydrogens is 396 g/mol. The zero-order valence-corrected chi connectivity index (χ0v) is 17.4. The molecule has 1 heterocycles. The highest BCUT2D eigenvalue weighted by molar-refractivity contribution is 7.91. The lowest BCUT2D eigenvalue weighted by Gasteiger charge is -2.44. The maximum absolute atomic E-state index is 12.9. The van der Waals surface area contributed by atoms with Gasteiger partial charge >= 0.3 is 5.97 Å². The normalized spacial score (nSPS) is 18.5. The van der Waals surface area contributed by atoms with E-state index in [4.69, 9.17) is 4.74 Å². The molecule has 3 aromatic rings. The van der Waals surface area contributed by atoms with Gasteiger partial charge in [-0.25, -0.2) is 8.42 Å². The molecule has 154 valence electrons. The van der Waals surface area contributed by atoms with Crippen LogP contribution in [0.4, 0.5) is 0 Å². The van der Waals surface area contributed by atoms with Crippen molar-refractivity contribution in [3.05, 3.63) is 102 Å². The predicted octanol–water partition coefficient (Wildman–Crippen LogP) is 4.54. The third kappa shape index (κ3) is 3.90. The van der Waals surface area contributed by atoms with E-state index in [1.807, 2.05) is 60.7 Å². The summed E-state index contributed by atoms with van der Waals surface area (Å²) in [6.07, 6.45) is 0.538. The third-order valence-electron chi connectivity index (χ3n) is 5.88. The van der Waals surface area contributed by atoms with Crippen molar-refractivity contribution in [3.63, 3.8) is 0 Å². The van der Waals surface area contributed by atoms with Crippen LogP contribution < -0.4 is 0 Å². The van der Waals surface area contributed by atoms with E-state index in [-0.39, 0.29) is 23.0 Å². The predicted molar refractivity (Wildman–Crippen MR) is 116 cm³/mol. The van der Waals surface area contributed by atoms with Crippen LogP contribution in [-0.2, 0) is 24.8 Å². The molecule has 0 radical (unpaired) electrons. The number of rotatable bonds is 6. The maximum atomic E-state index is 12.9. The first-order chi connectivity index (χ1) is 14.5. The monoisotopic (exact) mass is 420 g/mol. The number of hydrogen-bond donors (Lipinski definition) is 0. The van der Waals surface area contributed by atoms with E-state index in [2.05, 4.69) is 0 Å². The molecule has 1 atom stereocenters. The fourth-order valence-electron chi connectivity index (χ4n) is 4.39. The summed E-state index contributed by atoms with van der Waals surface area (Å²) < 4.78 is 31.6. The van der Waals surface area contributed by atoms with Crippen LogP contribution >= 0.6 is 0 Å². The topological polar surface area (TPSA) is 60.4 Å². The molecule has 3 aromatic carbocycles. The Kier molecular flexibility index (Phi) is 5.73. The third-order valence-corrected chi connectivity index (χ3v) is 7.64. The number of carbonyl (C=O) groups excluding carboxylic acids is 1. The van der Waals surface area contributed by atoms with E-state index in [0.29, 0.717) is 12.8 Å². The number of carbonyl (C=O) groups is 1. The van der Waals surface area contributed by atoms with E-state index < -0.39 is 21.4 Å². The van der Waals surface area contributed by atoms with Gasteiger partial charge in [-0.2, -0.15) is 0 Å². The first-order valence-electron chi connectivity index (χ1n) is 10.1. The molecule has 0 bridgehead atoms. The molecule has 0 aliphatic carbocycles. The van der Waals surface area contributed by atoms with E-state index >= 15 is 0 Å². The first-order valence-corrected chi connectivity index (χ1v) is 11.8. The molecule has 0 aromatic heterocycles. The van der Waals surface area contributed by atoms with E-state index in [9.17, 15) is 13.2 Å². The second kappa shape index (κ2) is 8.44. The second-order valence-corrected chi connectivity index (χ2v) is 9.71. The number of benzene rings is 3.